The van der Waals surface area contributed by atoms with E-state index in [-0.39, 0.29) is 5.41 Å². The van der Waals surface area contributed by atoms with E-state index in [2.05, 4.69) is 73.1 Å². The first-order valence-electron chi connectivity index (χ1n) is 12.0. The molecule has 7 rings (SSSR count). The Morgan fingerprint density at radius 1 is 0.903 bits per heavy atom. The second-order valence-electron chi connectivity index (χ2n) is 10.3. The average molecular weight is 408 g/mol. The van der Waals surface area contributed by atoms with Gasteiger partial charge >= 0.3 is 0 Å². The normalized spacial score (nSPS) is 26.0. The Morgan fingerprint density at radius 3 is 2.39 bits per heavy atom. The van der Waals surface area contributed by atoms with Crippen LogP contribution >= 0.6 is 0 Å². The van der Waals surface area contributed by atoms with Crippen molar-refractivity contribution in [2.75, 3.05) is 0 Å². The Labute approximate surface area is 182 Å². The zero-order valence-electron chi connectivity index (χ0n) is 18.4. The summed E-state index contributed by atoms with van der Waals surface area (Å²) >= 11 is 0. The highest BCUT2D eigenvalue weighted by Crippen LogP contribution is 2.56. The lowest BCUT2D eigenvalue weighted by molar-refractivity contribution is 0.208. The van der Waals surface area contributed by atoms with E-state index >= 15 is 0 Å². The van der Waals surface area contributed by atoms with Gasteiger partial charge in [-0.2, -0.15) is 0 Å². The zero-order valence-corrected chi connectivity index (χ0v) is 18.4. The summed E-state index contributed by atoms with van der Waals surface area (Å²) in [5.74, 6) is 1.80. The highest BCUT2D eigenvalue weighted by molar-refractivity contribution is 6.27. The number of para-hydroxylation sites is 2. The standard InChI is InChI=1S/C29H29NO/c1-3-29(16-18-12-13-19(14-18)17-29)22-15-25-26(21-9-5-7-11-24(21)31-25)27-20-8-4-6-10-23(20)30(2)28(22)27/h4-11,15,18-19H,3,12-14,16-17H2,1-2H3. The molecule has 0 spiro atoms. The van der Waals surface area contributed by atoms with Crippen molar-refractivity contribution in [3.05, 3.63) is 60.2 Å². The molecule has 156 valence electrons. The Morgan fingerprint density at radius 2 is 1.61 bits per heavy atom. The first kappa shape index (κ1) is 17.9. The van der Waals surface area contributed by atoms with Crippen LogP contribution in [0, 0.1) is 11.8 Å². The summed E-state index contributed by atoms with van der Waals surface area (Å²) in [6.45, 7) is 2.42. The van der Waals surface area contributed by atoms with Crippen molar-refractivity contribution in [1.82, 2.24) is 4.57 Å². The molecule has 0 N–H and O–H groups in total. The van der Waals surface area contributed by atoms with Crippen LogP contribution in [0.25, 0.3) is 43.7 Å². The summed E-state index contributed by atoms with van der Waals surface area (Å²) in [5, 5.41) is 5.26. The number of benzene rings is 3. The van der Waals surface area contributed by atoms with Gasteiger partial charge in [-0.3, -0.25) is 0 Å². The van der Waals surface area contributed by atoms with Crippen molar-refractivity contribution in [1.29, 1.82) is 0 Å². The molecule has 2 aromatic heterocycles. The van der Waals surface area contributed by atoms with E-state index in [9.17, 15) is 0 Å². The molecule has 3 aromatic carbocycles. The summed E-state index contributed by atoms with van der Waals surface area (Å²) < 4.78 is 8.97. The van der Waals surface area contributed by atoms with Gasteiger partial charge in [0, 0.05) is 34.1 Å². The first-order valence-corrected chi connectivity index (χ1v) is 12.0. The molecule has 2 unspecified atom stereocenters. The zero-order chi connectivity index (χ0) is 20.7. The van der Waals surface area contributed by atoms with Crippen LogP contribution in [0.3, 0.4) is 0 Å². The van der Waals surface area contributed by atoms with Crippen molar-refractivity contribution >= 4 is 43.7 Å². The van der Waals surface area contributed by atoms with E-state index in [1.807, 2.05) is 0 Å². The van der Waals surface area contributed by atoms with Crippen molar-refractivity contribution < 1.29 is 4.42 Å². The second kappa shape index (κ2) is 6.16. The highest BCUT2D eigenvalue weighted by atomic mass is 16.3. The molecule has 0 amide bonds. The molecule has 2 aliphatic carbocycles. The Balaban J connectivity index is 1.68. The summed E-state index contributed by atoms with van der Waals surface area (Å²) in [4.78, 5) is 0. The minimum Gasteiger partial charge on any atom is -0.456 e. The summed E-state index contributed by atoms with van der Waals surface area (Å²) in [7, 11) is 2.27. The third-order valence-electron chi connectivity index (χ3n) is 8.77. The third-order valence-corrected chi connectivity index (χ3v) is 8.77. The number of furan rings is 1. The van der Waals surface area contributed by atoms with E-state index in [0.717, 1.165) is 23.0 Å². The minimum atomic E-state index is 0.262. The molecule has 2 fully saturated rings. The van der Waals surface area contributed by atoms with Crippen molar-refractivity contribution in [2.45, 2.75) is 50.9 Å². The van der Waals surface area contributed by atoms with Crippen LogP contribution in [0.5, 0.6) is 0 Å². The van der Waals surface area contributed by atoms with E-state index < -0.39 is 0 Å². The fourth-order valence-electron chi connectivity index (χ4n) is 7.43. The minimum absolute atomic E-state index is 0.262. The van der Waals surface area contributed by atoms with Crippen LogP contribution in [-0.4, -0.2) is 4.57 Å². The van der Waals surface area contributed by atoms with Gasteiger partial charge in [0.05, 0.1) is 5.52 Å². The van der Waals surface area contributed by atoms with E-state index in [1.165, 1.54) is 76.7 Å². The Kier molecular flexibility index (Phi) is 3.55. The van der Waals surface area contributed by atoms with Crippen LogP contribution in [0.1, 0.15) is 51.0 Å². The Bertz CT molecular complexity index is 1470. The number of hydrogen-bond acceptors (Lipinski definition) is 1. The van der Waals surface area contributed by atoms with E-state index in [4.69, 9.17) is 4.42 Å². The Hall–Kier alpha value is -2.74. The number of hydrogen-bond donors (Lipinski definition) is 0. The lowest BCUT2D eigenvalue weighted by atomic mass is 9.63. The van der Waals surface area contributed by atoms with Crippen molar-refractivity contribution in [3.8, 4) is 0 Å². The highest BCUT2D eigenvalue weighted by Gasteiger charge is 2.45. The van der Waals surface area contributed by atoms with Gasteiger partial charge in [0.1, 0.15) is 11.2 Å². The van der Waals surface area contributed by atoms with E-state index in [0.29, 0.717) is 0 Å². The molecule has 0 radical (unpaired) electrons. The van der Waals surface area contributed by atoms with Gasteiger partial charge in [0.15, 0.2) is 0 Å². The second-order valence-corrected chi connectivity index (χ2v) is 10.3. The monoisotopic (exact) mass is 407 g/mol. The van der Waals surface area contributed by atoms with Crippen LogP contribution in [0.15, 0.2) is 59.0 Å². The molecule has 2 atom stereocenters. The molecule has 5 aromatic rings. The van der Waals surface area contributed by atoms with Gasteiger partial charge in [-0.05, 0) is 66.7 Å². The van der Waals surface area contributed by atoms with Crippen molar-refractivity contribution in [3.63, 3.8) is 0 Å². The van der Waals surface area contributed by atoms with Crippen molar-refractivity contribution in [2.24, 2.45) is 18.9 Å². The molecule has 0 saturated heterocycles. The fourth-order valence-corrected chi connectivity index (χ4v) is 7.43. The molecule has 2 heterocycles. The number of rotatable bonds is 2. The number of aryl methyl sites for hydroxylation is 1. The van der Waals surface area contributed by atoms with Gasteiger partial charge < -0.3 is 8.98 Å². The van der Waals surface area contributed by atoms with Crippen LogP contribution in [0.2, 0.25) is 0 Å². The quantitative estimate of drug-likeness (QED) is 0.289. The number of nitrogens with zero attached hydrogens (tertiary/aromatic N) is 1. The fraction of sp³-hybridized carbons (Fsp3) is 0.379. The number of fused-ring (bicyclic) bond motifs is 9. The molecular formula is C29H29NO. The van der Waals surface area contributed by atoms with Gasteiger partial charge in [0.25, 0.3) is 0 Å². The topological polar surface area (TPSA) is 18.1 Å². The predicted octanol–water partition coefficient (Wildman–Crippen LogP) is 8.09. The van der Waals surface area contributed by atoms with Crippen LogP contribution < -0.4 is 0 Å². The van der Waals surface area contributed by atoms with Gasteiger partial charge in [0.2, 0.25) is 0 Å². The maximum atomic E-state index is 6.50. The third kappa shape index (κ3) is 2.28. The average Bonchev–Trinajstić information content (AvgIpc) is 3.44. The molecule has 0 aliphatic heterocycles. The summed E-state index contributed by atoms with van der Waals surface area (Å²) in [6, 6.07) is 19.9. The van der Waals surface area contributed by atoms with Gasteiger partial charge in [-0.15, -0.1) is 0 Å². The maximum Gasteiger partial charge on any atom is 0.136 e. The molecular weight excluding hydrogens is 378 g/mol. The lowest BCUT2D eigenvalue weighted by Gasteiger charge is -2.41. The summed E-state index contributed by atoms with van der Waals surface area (Å²) in [5.41, 5.74) is 6.61. The largest absolute Gasteiger partial charge is 0.456 e. The maximum absolute atomic E-state index is 6.50. The number of aromatic nitrogens is 1. The molecule has 2 nitrogen and oxygen atoms in total. The van der Waals surface area contributed by atoms with Gasteiger partial charge in [-0.25, -0.2) is 0 Å². The van der Waals surface area contributed by atoms with E-state index in [1.54, 1.807) is 0 Å². The molecule has 2 heteroatoms. The molecule has 2 aliphatic rings. The summed E-state index contributed by atoms with van der Waals surface area (Å²) in [6.07, 6.45) is 8.19. The molecule has 31 heavy (non-hydrogen) atoms. The van der Waals surface area contributed by atoms with Crippen LogP contribution in [0.4, 0.5) is 0 Å². The predicted molar refractivity (Wildman–Crippen MR) is 130 cm³/mol. The lowest BCUT2D eigenvalue weighted by Crippen LogP contribution is -2.33. The first-order chi connectivity index (χ1) is 15.2. The molecule has 2 bridgehead atoms. The molecule has 2 saturated carbocycles. The SMILES string of the molecule is CCC1(c2cc3oc4ccccc4c3c3c4ccccc4n(C)c23)CC2CCC(C2)C1. The van der Waals surface area contributed by atoms with Gasteiger partial charge in [-0.1, -0.05) is 56.2 Å². The van der Waals surface area contributed by atoms with Crippen LogP contribution in [-0.2, 0) is 12.5 Å². The smallest absolute Gasteiger partial charge is 0.136 e.